The van der Waals surface area contributed by atoms with Crippen molar-refractivity contribution in [2.24, 2.45) is 10.5 Å². The van der Waals surface area contributed by atoms with Crippen molar-refractivity contribution < 1.29 is 9.59 Å². The minimum atomic E-state index is -1.12. The Labute approximate surface area is 158 Å². The van der Waals surface area contributed by atoms with Crippen LogP contribution in [0.4, 0.5) is 11.4 Å². The lowest BCUT2D eigenvalue weighted by atomic mass is 9.86. The van der Waals surface area contributed by atoms with Gasteiger partial charge in [0, 0.05) is 11.1 Å². The van der Waals surface area contributed by atoms with Crippen LogP contribution in [0.1, 0.15) is 20.8 Å². The molecule has 0 spiro atoms. The number of hydrazone groups is 1. The highest BCUT2D eigenvalue weighted by atomic mass is 16.2. The molecule has 1 heterocycles. The first-order valence-corrected chi connectivity index (χ1v) is 8.70. The molecule has 1 aliphatic rings. The number of hydrogen-bond acceptors (Lipinski definition) is 6. The van der Waals surface area contributed by atoms with Crippen LogP contribution >= 0.6 is 0 Å². The van der Waals surface area contributed by atoms with Gasteiger partial charge in [-0.25, -0.2) is 5.01 Å². The van der Waals surface area contributed by atoms with Gasteiger partial charge >= 0.3 is 0 Å². The second-order valence-electron chi connectivity index (χ2n) is 7.25. The summed E-state index contributed by atoms with van der Waals surface area (Å²) >= 11 is 0. The minimum Gasteiger partial charge on any atom is -0.324 e. The first-order chi connectivity index (χ1) is 12.9. The number of benzene rings is 2. The van der Waals surface area contributed by atoms with E-state index in [1.165, 1.54) is 11.5 Å². The van der Waals surface area contributed by atoms with Gasteiger partial charge in [-0.3, -0.25) is 9.59 Å². The number of carbonyl (C=O) groups is 2. The molecule has 1 atom stereocenters. The normalized spacial score (nSPS) is 14.9. The van der Waals surface area contributed by atoms with Gasteiger partial charge in [0.05, 0.1) is 5.69 Å². The fourth-order valence-corrected chi connectivity index (χ4v) is 2.59. The summed E-state index contributed by atoms with van der Waals surface area (Å²) in [5.74, 6) is -0.684. The second kappa shape index (κ2) is 7.59. The van der Waals surface area contributed by atoms with Crippen LogP contribution in [0, 0.1) is 5.41 Å². The quantitative estimate of drug-likeness (QED) is 0.797. The maximum atomic E-state index is 13.0. The largest absolute Gasteiger partial charge is 0.324 e. The Morgan fingerprint density at radius 3 is 2.19 bits per heavy atom. The summed E-state index contributed by atoms with van der Waals surface area (Å²) in [6.45, 7) is 5.35. The Balaban J connectivity index is 1.82. The third-order valence-corrected chi connectivity index (χ3v) is 4.06. The molecule has 7 heteroatoms. The predicted octanol–water partition coefficient (Wildman–Crippen LogP) is 2.79. The van der Waals surface area contributed by atoms with Crippen LogP contribution in [0.15, 0.2) is 65.8 Å². The highest BCUT2D eigenvalue weighted by molar-refractivity contribution is 6.12. The lowest BCUT2D eigenvalue weighted by Gasteiger charge is -2.30. The van der Waals surface area contributed by atoms with E-state index in [1.807, 2.05) is 48.5 Å². The number of carbonyl (C=O) groups excluding carboxylic acids is 2. The Kier molecular flexibility index (Phi) is 5.23. The fourth-order valence-electron chi connectivity index (χ4n) is 2.59. The molecule has 0 saturated heterocycles. The van der Waals surface area contributed by atoms with E-state index in [4.69, 9.17) is 0 Å². The zero-order chi connectivity index (χ0) is 19.4. The van der Waals surface area contributed by atoms with Crippen molar-refractivity contribution in [2.75, 3.05) is 10.3 Å². The van der Waals surface area contributed by atoms with E-state index in [1.54, 1.807) is 37.9 Å². The number of ketones is 1. The summed E-state index contributed by atoms with van der Waals surface area (Å²) < 4.78 is 0. The first-order valence-electron chi connectivity index (χ1n) is 8.70. The average Bonchev–Trinajstić information content (AvgIpc) is 3.12. The molecule has 0 aliphatic carbocycles. The van der Waals surface area contributed by atoms with Crippen molar-refractivity contribution >= 4 is 29.4 Å². The lowest BCUT2D eigenvalue weighted by molar-refractivity contribution is -0.139. The van der Waals surface area contributed by atoms with Crippen molar-refractivity contribution in [2.45, 2.75) is 26.8 Å². The van der Waals surface area contributed by atoms with E-state index in [9.17, 15) is 9.59 Å². The molecule has 0 aromatic heterocycles. The van der Waals surface area contributed by atoms with E-state index in [2.05, 4.69) is 16.0 Å². The number of anilines is 2. The lowest BCUT2D eigenvalue weighted by Crippen LogP contribution is -2.56. The molecule has 1 amide bonds. The molecule has 0 radical (unpaired) electrons. The second-order valence-corrected chi connectivity index (χ2v) is 7.25. The Morgan fingerprint density at radius 2 is 1.59 bits per heavy atom. The molecule has 27 heavy (non-hydrogen) atoms. The van der Waals surface area contributed by atoms with Crippen LogP contribution in [0.25, 0.3) is 0 Å². The zero-order valence-electron chi connectivity index (χ0n) is 15.6. The summed E-state index contributed by atoms with van der Waals surface area (Å²) in [5, 5.41) is 9.97. The fraction of sp³-hybridized carbons (Fsp3) is 0.250. The number of rotatable bonds is 5. The van der Waals surface area contributed by atoms with Crippen molar-refractivity contribution in [3.8, 4) is 0 Å². The predicted molar refractivity (Wildman–Crippen MR) is 106 cm³/mol. The van der Waals surface area contributed by atoms with Gasteiger partial charge in [-0.15, -0.1) is 10.6 Å². The van der Waals surface area contributed by atoms with Crippen LogP contribution in [0.5, 0.6) is 0 Å². The van der Waals surface area contributed by atoms with Gasteiger partial charge in [0.2, 0.25) is 6.04 Å². The number of hydrazine groups is 2. The third-order valence-electron chi connectivity index (χ3n) is 4.06. The summed E-state index contributed by atoms with van der Waals surface area (Å²) in [6.07, 6.45) is 1.54. The smallest absolute Gasteiger partial charge is 0.258 e. The van der Waals surface area contributed by atoms with Gasteiger partial charge in [0.1, 0.15) is 6.34 Å². The number of Topliss-reactive ketones (excluding diaryl/α,β-unsaturated/α-hetero) is 1. The van der Waals surface area contributed by atoms with Crippen LogP contribution in [-0.2, 0) is 9.59 Å². The van der Waals surface area contributed by atoms with Gasteiger partial charge in [-0.05, 0) is 24.3 Å². The van der Waals surface area contributed by atoms with Gasteiger partial charge in [0.15, 0.2) is 5.78 Å². The van der Waals surface area contributed by atoms with E-state index in [0.29, 0.717) is 5.69 Å². The van der Waals surface area contributed by atoms with Gasteiger partial charge < -0.3 is 5.32 Å². The molecular weight excluding hydrogens is 342 g/mol. The van der Waals surface area contributed by atoms with Gasteiger partial charge in [-0.2, -0.15) is 5.12 Å². The topological polar surface area (TPSA) is 77.0 Å². The molecule has 0 saturated carbocycles. The number of para-hydroxylation sites is 2. The molecular formula is C20H23N5O2. The van der Waals surface area contributed by atoms with Crippen LogP contribution < -0.4 is 15.9 Å². The molecule has 140 valence electrons. The van der Waals surface area contributed by atoms with Gasteiger partial charge in [-0.1, -0.05) is 57.2 Å². The number of amides is 1. The molecule has 2 aromatic rings. The Bertz CT molecular complexity index is 830. The number of nitrogens with one attached hydrogen (secondary N) is 2. The Morgan fingerprint density at radius 1 is 1.00 bits per heavy atom. The highest BCUT2D eigenvalue weighted by Gasteiger charge is 2.41. The molecule has 3 rings (SSSR count). The Hall–Kier alpha value is -3.19. The zero-order valence-corrected chi connectivity index (χ0v) is 15.6. The third kappa shape index (κ3) is 4.32. The SMILES string of the molecule is CC(C)(C)C(=O)C(C(=O)Nc1ccccc1)N1N=CN(c2ccccc2)N1. The molecule has 2 aromatic carbocycles. The van der Waals surface area contributed by atoms with Gasteiger partial charge in [0.25, 0.3) is 5.91 Å². The molecule has 1 unspecified atom stereocenters. The maximum Gasteiger partial charge on any atom is 0.258 e. The average molecular weight is 365 g/mol. The van der Waals surface area contributed by atoms with Crippen LogP contribution in [-0.4, -0.2) is 29.2 Å². The molecule has 7 nitrogen and oxygen atoms in total. The summed E-state index contributed by atoms with van der Waals surface area (Å²) in [5.41, 5.74) is 3.74. The first kappa shape index (κ1) is 18.6. The van der Waals surface area contributed by atoms with Crippen LogP contribution in [0.3, 0.4) is 0 Å². The van der Waals surface area contributed by atoms with E-state index in [-0.39, 0.29) is 5.78 Å². The van der Waals surface area contributed by atoms with Crippen molar-refractivity contribution in [3.63, 3.8) is 0 Å². The van der Waals surface area contributed by atoms with E-state index < -0.39 is 17.4 Å². The summed E-state index contributed by atoms with van der Waals surface area (Å²) in [6, 6.07) is 17.4. The van der Waals surface area contributed by atoms with E-state index in [0.717, 1.165) is 5.69 Å². The van der Waals surface area contributed by atoms with Crippen molar-refractivity contribution in [1.82, 2.24) is 10.7 Å². The molecule has 0 bridgehead atoms. The minimum absolute atomic E-state index is 0.240. The summed E-state index contributed by atoms with van der Waals surface area (Å²) in [4.78, 5) is 25.9. The number of nitrogens with zero attached hydrogens (tertiary/aromatic N) is 3. The maximum absolute atomic E-state index is 13.0. The summed E-state index contributed by atoms with van der Waals surface area (Å²) in [7, 11) is 0. The molecule has 0 fully saturated rings. The van der Waals surface area contributed by atoms with Crippen LogP contribution in [0.2, 0.25) is 0 Å². The molecule has 2 N–H and O–H groups in total. The van der Waals surface area contributed by atoms with Crippen molar-refractivity contribution in [1.29, 1.82) is 0 Å². The molecule has 1 aliphatic heterocycles. The highest BCUT2D eigenvalue weighted by Crippen LogP contribution is 2.22. The van der Waals surface area contributed by atoms with E-state index >= 15 is 0 Å². The number of hydrogen-bond donors (Lipinski definition) is 2. The monoisotopic (exact) mass is 365 g/mol. The standard InChI is InChI=1S/C20H23N5O2/c1-20(2,3)18(26)17(19(27)22-15-10-6-4-7-11-15)25-21-14-24(23-25)16-12-8-5-9-13-16/h4-14,17,23H,1-3H3,(H,22,27). The van der Waals surface area contributed by atoms with Crippen molar-refractivity contribution in [3.05, 3.63) is 60.7 Å².